The highest BCUT2D eigenvalue weighted by molar-refractivity contribution is 7.19. The van der Waals surface area contributed by atoms with E-state index in [0.29, 0.717) is 11.9 Å². The van der Waals surface area contributed by atoms with Gasteiger partial charge in [-0.05, 0) is 30.2 Å². The van der Waals surface area contributed by atoms with E-state index in [1.807, 2.05) is 37.3 Å². The van der Waals surface area contributed by atoms with Crippen LogP contribution in [0.5, 0.6) is 0 Å². The van der Waals surface area contributed by atoms with E-state index in [2.05, 4.69) is 4.98 Å². The molecule has 0 saturated heterocycles. The summed E-state index contributed by atoms with van der Waals surface area (Å²) in [5.74, 6) is -0.288. The van der Waals surface area contributed by atoms with E-state index in [9.17, 15) is 9.18 Å². The highest BCUT2D eigenvalue weighted by Gasteiger charge is 2.16. The van der Waals surface area contributed by atoms with Gasteiger partial charge in [-0.1, -0.05) is 42.5 Å². The third-order valence-electron chi connectivity index (χ3n) is 4.18. The third-order valence-corrected chi connectivity index (χ3v) is 5.20. The summed E-state index contributed by atoms with van der Waals surface area (Å²) in [6, 6.07) is 16.1. The van der Waals surface area contributed by atoms with E-state index < -0.39 is 0 Å². The molecule has 0 aliphatic rings. The Hall–Kier alpha value is -2.79. The summed E-state index contributed by atoms with van der Waals surface area (Å²) in [4.78, 5) is 19.4. The predicted octanol–water partition coefficient (Wildman–Crippen LogP) is 4.62. The van der Waals surface area contributed by atoms with Gasteiger partial charge in [-0.15, -0.1) is 11.3 Å². The molecule has 0 radical (unpaired) electrons. The maximum Gasteiger partial charge on any atom is 0.263 e. The van der Waals surface area contributed by atoms with Crippen molar-refractivity contribution in [2.75, 3.05) is 0 Å². The fourth-order valence-electron chi connectivity index (χ4n) is 2.99. The molecule has 0 aliphatic carbocycles. The van der Waals surface area contributed by atoms with Crippen molar-refractivity contribution in [2.45, 2.75) is 13.5 Å². The number of hydrogen-bond donors (Lipinski definition) is 0. The summed E-state index contributed by atoms with van der Waals surface area (Å²) in [5.41, 5.74) is 2.76. The zero-order valence-corrected chi connectivity index (χ0v) is 14.4. The van der Waals surface area contributed by atoms with E-state index in [0.717, 1.165) is 26.4 Å². The van der Waals surface area contributed by atoms with Gasteiger partial charge in [-0.2, -0.15) is 0 Å². The standard InChI is InChI=1S/C20H15FN2OS/c1-13-17(15-5-3-2-4-6-15)18-19(25-13)22-12-23(20(18)24)11-14-7-9-16(21)10-8-14/h2-10,12H,11H2,1H3. The molecular formula is C20H15FN2OS. The molecule has 0 spiro atoms. The number of halogens is 1. The van der Waals surface area contributed by atoms with Crippen LogP contribution in [0.25, 0.3) is 21.3 Å². The Morgan fingerprint density at radius 3 is 2.52 bits per heavy atom. The lowest BCUT2D eigenvalue weighted by Gasteiger charge is -2.07. The van der Waals surface area contributed by atoms with Crippen LogP contribution in [0.4, 0.5) is 4.39 Å². The molecule has 3 nitrogen and oxygen atoms in total. The Labute approximate surface area is 148 Å². The van der Waals surface area contributed by atoms with Crippen LogP contribution >= 0.6 is 11.3 Å². The molecule has 0 unspecified atom stereocenters. The number of fused-ring (bicyclic) bond motifs is 1. The molecule has 0 fully saturated rings. The van der Waals surface area contributed by atoms with Crippen molar-refractivity contribution in [3.8, 4) is 11.1 Å². The molecule has 0 saturated carbocycles. The van der Waals surface area contributed by atoms with E-state index in [4.69, 9.17) is 0 Å². The van der Waals surface area contributed by atoms with Crippen molar-refractivity contribution < 1.29 is 4.39 Å². The minimum absolute atomic E-state index is 0.0717. The first-order chi connectivity index (χ1) is 12.1. The number of benzene rings is 2. The highest BCUT2D eigenvalue weighted by Crippen LogP contribution is 2.35. The molecule has 0 atom stereocenters. The van der Waals surface area contributed by atoms with E-state index in [1.54, 1.807) is 23.0 Å². The van der Waals surface area contributed by atoms with Crippen LogP contribution in [0, 0.1) is 12.7 Å². The van der Waals surface area contributed by atoms with Crippen molar-refractivity contribution in [1.82, 2.24) is 9.55 Å². The maximum absolute atomic E-state index is 13.1. The van der Waals surface area contributed by atoms with Gasteiger partial charge in [0.15, 0.2) is 0 Å². The van der Waals surface area contributed by atoms with Gasteiger partial charge in [0.25, 0.3) is 5.56 Å². The molecule has 25 heavy (non-hydrogen) atoms. The summed E-state index contributed by atoms with van der Waals surface area (Å²) in [6.45, 7) is 2.38. The monoisotopic (exact) mass is 350 g/mol. The molecule has 0 aliphatic heterocycles. The highest BCUT2D eigenvalue weighted by atomic mass is 32.1. The normalized spacial score (nSPS) is 11.1. The second-order valence-electron chi connectivity index (χ2n) is 5.88. The Morgan fingerprint density at radius 1 is 1.08 bits per heavy atom. The zero-order valence-electron chi connectivity index (χ0n) is 13.6. The summed E-state index contributed by atoms with van der Waals surface area (Å²) >= 11 is 1.53. The maximum atomic E-state index is 13.1. The quantitative estimate of drug-likeness (QED) is 0.540. The van der Waals surface area contributed by atoms with Crippen molar-refractivity contribution in [1.29, 1.82) is 0 Å². The van der Waals surface area contributed by atoms with Crippen LogP contribution in [0.1, 0.15) is 10.4 Å². The molecule has 0 N–H and O–H groups in total. The number of aryl methyl sites for hydroxylation is 1. The number of thiophene rings is 1. The van der Waals surface area contributed by atoms with Crippen molar-refractivity contribution in [3.63, 3.8) is 0 Å². The molecule has 5 heteroatoms. The van der Waals surface area contributed by atoms with Gasteiger partial charge in [-0.25, -0.2) is 9.37 Å². The van der Waals surface area contributed by atoms with Crippen molar-refractivity contribution >= 4 is 21.6 Å². The lowest BCUT2D eigenvalue weighted by Crippen LogP contribution is -2.21. The molecule has 0 amide bonds. The predicted molar refractivity (Wildman–Crippen MR) is 99.6 cm³/mol. The lowest BCUT2D eigenvalue weighted by molar-refractivity contribution is 0.626. The Morgan fingerprint density at radius 2 is 1.80 bits per heavy atom. The number of hydrogen-bond acceptors (Lipinski definition) is 3. The van der Waals surface area contributed by atoms with Gasteiger partial charge in [0, 0.05) is 10.4 Å². The average Bonchev–Trinajstić information content (AvgIpc) is 2.97. The number of rotatable bonds is 3. The Kier molecular flexibility index (Phi) is 3.93. The first-order valence-electron chi connectivity index (χ1n) is 7.92. The van der Waals surface area contributed by atoms with Crippen LogP contribution in [0.3, 0.4) is 0 Å². The van der Waals surface area contributed by atoms with E-state index >= 15 is 0 Å². The molecule has 2 heterocycles. The van der Waals surface area contributed by atoms with Crippen LogP contribution in [0.15, 0.2) is 65.7 Å². The molecule has 2 aromatic carbocycles. The minimum Gasteiger partial charge on any atom is -0.294 e. The average molecular weight is 350 g/mol. The second kappa shape index (κ2) is 6.26. The second-order valence-corrected chi connectivity index (χ2v) is 7.09. The molecule has 4 aromatic rings. The van der Waals surface area contributed by atoms with Crippen LogP contribution in [-0.2, 0) is 6.54 Å². The Bertz CT molecular complexity index is 1100. The summed E-state index contributed by atoms with van der Waals surface area (Å²) < 4.78 is 14.7. The molecular weight excluding hydrogens is 335 g/mol. The molecule has 2 aromatic heterocycles. The van der Waals surface area contributed by atoms with Crippen LogP contribution in [0.2, 0.25) is 0 Å². The first-order valence-corrected chi connectivity index (χ1v) is 8.73. The summed E-state index contributed by atoms with van der Waals surface area (Å²) in [5, 5.41) is 0.651. The van der Waals surface area contributed by atoms with Crippen LogP contribution in [-0.4, -0.2) is 9.55 Å². The number of aromatic nitrogens is 2. The SMILES string of the molecule is Cc1sc2ncn(Cc3ccc(F)cc3)c(=O)c2c1-c1ccccc1. The largest absolute Gasteiger partial charge is 0.294 e. The van der Waals surface area contributed by atoms with Gasteiger partial charge in [-0.3, -0.25) is 9.36 Å². The summed E-state index contributed by atoms with van der Waals surface area (Å²) in [7, 11) is 0. The van der Waals surface area contributed by atoms with Crippen LogP contribution < -0.4 is 5.56 Å². The van der Waals surface area contributed by atoms with Gasteiger partial charge in [0.05, 0.1) is 18.3 Å². The fourth-order valence-corrected chi connectivity index (χ4v) is 3.99. The third kappa shape index (κ3) is 2.87. The minimum atomic E-state index is -0.288. The van der Waals surface area contributed by atoms with Gasteiger partial charge >= 0.3 is 0 Å². The van der Waals surface area contributed by atoms with Gasteiger partial charge < -0.3 is 0 Å². The zero-order chi connectivity index (χ0) is 17.4. The van der Waals surface area contributed by atoms with Gasteiger partial charge in [0.2, 0.25) is 0 Å². The van der Waals surface area contributed by atoms with Gasteiger partial charge in [0.1, 0.15) is 10.6 Å². The fraction of sp³-hybridized carbons (Fsp3) is 0.100. The smallest absolute Gasteiger partial charge is 0.263 e. The molecule has 4 rings (SSSR count). The van der Waals surface area contributed by atoms with E-state index in [-0.39, 0.29) is 11.4 Å². The van der Waals surface area contributed by atoms with Crippen molar-refractivity contribution in [3.05, 3.63) is 87.5 Å². The first kappa shape index (κ1) is 15.7. The summed E-state index contributed by atoms with van der Waals surface area (Å²) in [6.07, 6.45) is 1.57. The molecule has 124 valence electrons. The van der Waals surface area contributed by atoms with Crippen molar-refractivity contribution in [2.24, 2.45) is 0 Å². The van der Waals surface area contributed by atoms with E-state index in [1.165, 1.54) is 23.5 Å². The number of nitrogens with zero attached hydrogens (tertiary/aromatic N) is 2. The molecule has 0 bridgehead atoms. The Balaban J connectivity index is 1.87. The topological polar surface area (TPSA) is 34.9 Å². The lowest BCUT2D eigenvalue weighted by atomic mass is 10.0.